The standard InChI is InChI=1S/C22H37N5O/c1-5-22(11-8-12-22)17-26-21(23-6-2)25-16-18-9-7-10-19(15-18)20(28)24-13-14-27(3)4/h7,9-10,15H,5-6,8,11-14,16-17H2,1-4H3,(H,24,28)(H2,23,25,26). The summed E-state index contributed by atoms with van der Waals surface area (Å²) in [4.78, 5) is 19.1. The number of guanidine groups is 1. The van der Waals surface area contributed by atoms with E-state index in [9.17, 15) is 4.79 Å². The monoisotopic (exact) mass is 387 g/mol. The lowest BCUT2D eigenvalue weighted by atomic mass is 9.67. The molecule has 1 fully saturated rings. The molecule has 0 radical (unpaired) electrons. The Morgan fingerprint density at radius 1 is 1.18 bits per heavy atom. The van der Waals surface area contributed by atoms with Crippen molar-refractivity contribution in [3.63, 3.8) is 0 Å². The first-order valence-electron chi connectivity index (χ1n) is 10.5. The second-order valence-corrected chi connectivity index (χ2v) is 8.02. The van der Waals surface area contributed by atoms with Crippen LogP contribution in [0.5, 0.6) is 0 Å². The van der Waals surface area contributed by atoms with Gasteiger partial charge in [0.2, 0.25) is 0 Å². The molecular weight excluding hydrogens is 350 g/mol. The van der Waals surface area contributed by atoms with Crippen molar-refractivity contribution < 1.29 is 4.79 Å². The quantitative estimate of drug-likeness (QED) is 0.426. The molecule has 0 aliphatic heterocycles. The highest BCUT2D eigenvalue weighted by Crippen LogP contribution is 2.42. The fourth-order valence-electron chi connectivity index (χ4n) is 3.42. The Hall–Kier alpha value is -2.08. The molecule has 1 aliphatic rings. The molecule has 6 nitrogen and oxygen atoms in total. The van der Waals surface area contributed by atoms with Crippen molar-refractivity contribution in [3.05, 3.63) is 35.4 Å². The molecule has 1 aromatic carbocycles. The van der Waals surface area contributed by atoms with E-state index >= 15 is 0 Å². The number of rotatable bonds is 10. The summed E-state index contributed by atoms with van der Waals surface area (Å²) in [5.74, 6) is 0.815. The molecule has 0 saturated heterocycles. The molecule has 1 aliphatic carbocycles. The van der Waals surface area contributed by atoms with Gasteiger partial charge in [-0.05, 0) is 63.4 Å². The molecule has 3 N–H and O–H groups in total. The van der Waals surface area contributed by atoms with Gasteiger partial charge in [-0.3, -0.25) is 4.79 Å². The molecule has 1 aromatic rings. The van der Waals surface area contributed by atoms with E-state index in [-0.39, 0.29) is 5.91 Å². The summed E-state index contributed by atoms with van der Waals surface area (Å²) in [6.07, 6.45) is 5.17. The van der Waals surface area contributed by atoms with Crippen LogP contribution in [-0.4, -0.2) is 57.0 Å². The highest BCUT2D eigenvalue weighted by molar-refractivity contribution is 5.94. The first-order valence-corrected chi connectivity index (χ1v) is 10.5. The molecule has 6 heteroatoms. The molecule has 156 valence electrons. The van der Waals surface area contributed by atoms with Gasteiger partial charge in [-0.15, -0.1) is 0 Å². The lowest BCUT2D eigenvalue weighted by Gasteiger charge is -2.41. The summed E-state index contributed by atoms with van der Waals surface area (Å²) in [5, 5.41) is 9.80. The summed E-state index contributed by atoms with van der Waals surface area (Å²) in [6.45, 7) is 8.18. The maximum Gasteiger partial charge on any atom is 0.251 e. The topological polar surface area (TPSA) is 68.8 Å². The van der Waals surface area contributed by atoms with E-state index in [1.165, 1.54) is 25.7 Å². The molecule has 0 spiro atoms. The fourth-order valence-corrected chi connectivity index (χ4v) is 3.42. The third kappa shape index (κ3) is 6.82. The molecule has 0 atom stereocenters. The summed E-state index contributed by atoms with van der Waals surface area (Å²) in [5.41, 5.74) is 2.16. The Kier molecular flexibility index (Phi) is 8.77. The van der Waals surface area contributed by atoms with E-state index < -0.39 is 0 Å². The zero-order valence-corrected chi connectivity index (χ0v) is 18.0. The van der Waals surface area contributed by atoms with Crippen molar-refractivity contribution in [2.24, 2.45) is 10.4 Å². The van der Waals surface area contributed by atoms with Crippen LogP contribution in [0.4, 0.5) is 0 Å². The number of nitrogens with zero attached hydrogens (tertiary/aromatic N) is 2. The SMILES string of the molecule is CCNC(=NCc1cccc(C(=O)NCCN(C)C)c1)NCC1(CC)CCC1. The number of nitrogens with one attached hydrogen (secondary N) is 3. The number of carbonyl (C=O) groups is 1. The minimum Gasteiger partial charge on any atom is -0.357 e. The van der Waals surface area contributed by atoms with E-state index in [0.717, 1.165) is 31.2 Å². The smallest absolute Gasteiger partial charge is 0.251 e. The molecule has 1 saturated carbocycles. The van der Waals surface area contributed by atoms with Gasteiger partial charge in [-0.25, -0.2) is 4.99 Å². The highest BCUT2D eigenvalue weighted by Gasteiger charge is 2.34. The van der Waals surface area contributed by atoms with E-state index in [4.69, 9.17) is 4.99 Å². The Morgan fingerprint density at radius 3 is 2.57 bits per heavy atom. The van der Waals surface area contributed by atoms with Gasteiger partial charge in [-0.1, -0.05) is 25.5 Å². The minimum absolute atomic E-state index is 0.0346. The molecule has 0 bridgehead atoms. The number of benzene rings is 1. The van der Waals surface area contributed by atoms with Crippen molar-refractivity contribution >= 4 is 11.9 Å². The van der Waals surface area contributed by atoms with Crippen LogP contribution in [0.15, 0.2) is 29.3 Å². The first-order chi connectivity index (χ1) is 13.5. The predicted octanol–water partition coefficient (Wildman–Crippen LogP) is 2.61. The van der Waals surface area contributed by atoms with Crippen molar-refractivity contribution in [2.75, 3.05) is 40.3 Å². The van der Waals surface area contributed by atoms with Crippen LogP contribution in [0.3, 0.4) is 0 Å². The summed E-state index contributed by atoms with van der Waals surface area (Å²) < 4.78 is 0. The van der Waals surface area contributed by atoms with Gasteiger partial charge in [0.1, 0.15) is 0 Å². The highest BCUT2D eigenvalue weighted by atomic mass is 16.1. The number of aliphatic imine (C=N–C) groups is 1. The lowest BCUT2D eigenvalue weighted by molar-refractivity contribution is 0.0951. The van der Waals surface area contributed by atoms with Crippen molar-refractivity contribution in [1.82, 2.24) is 20.9 Å². The van der Waals surface area contributed by atoms with Gasteiger partial charge < -0.3 is 20.9 Å². The average molecular weight is 388 g/mol. The van der Waals surface area contributed by atoms with Crippen molar-refractivity contribution in [3.8, 4) is 0 Å². The number of likely N-dealkylation sites (N-methyl/N-ethyl adjacent to an activating group) is 1. The second-order valence-electron chi connectivity index (χ2n) is 8.02. The van der Waals surface area contributed by atoms with E-state index in [1.54, 1.807) is 0 Å². The second kappa shape index (κ2) is 11.1. The van der Waals surface area contributed by atoms with Crippen molar-refractivity contribution in [2.45, 2.75) is 46.1 Å². The lowest BCUT2D eigenvalue weighted by Crippen LogP contribution is -2.46. The zero-order valence-electron chi connectivity index (χ0n) is 18.0. The van der Waals surface area contributed by atoms with Crippen LogP contribution in [0.25, 0.3) is 0 Å². The average Bonchev–Trinajstić information content (AvgIpc) is 2.65. The molecule has 28 heavy (non-hydrogen) atoms. The molecule has 1 amide bonds. The molecule has 0 heterocycles. The number of hydrogen-bond donors (Lipinski definition) is 3. The largest absolute Gasteiger partial charge is 0.357 e. The summed E-state index contributed by atoms with van der Waals surface area (Å²) >= 11 is 0. The van der Waals surface area contributed by atoms with Gasteiger partial charge in [0.15, 0.2) is 5.96 Å². The number of hydrogen-bond acceptors (Lipinski definition) is 3. The number of amides is 1. The summed E-state index contributed by atoms with van der Waals surface area (Å²) in [6, 6.07) is 7.72. The van der Waals surface area contributed by atoms with E-state index in [2.05, 4.69) is 29.8 Å². The third-order valence-corrected chi connectivity index (χ3v) is 5.59. The third-order valence-electron chi connectivity index (χ3n) is 5.59. The zero-order chi connectivity index (χ0) is 20.4. The Balaban J connectivity index is 1.93. The van der Waals surface area contributed by atoms with Crippen LogP contribution in [0.2, 0.25) is 0 Å². The van der Waals surface area contributed by atoms with Crippen LogP contribution < -0.4 is 16.0 Å². The number of carbonyl (C=O) groups excluding carboxylic acids is 1. The Labute approximate surface area is 170 Å². The van der Waals surface area contributed by atoms with Gasteiger partial charge in [-0.2, -0.15) is 0 Å². The summed E-state index contributed by atoms with van der Waals surface area (Å²) in [7, 11) is 3.99. The Morgan fingerprint density at radius 2 is 1.96 bits per heavy atom. The van der Waals surface area contributed by atoms with Gasteiger partial charge >= 0.3 is 0 Å². The molecular formula is C22H37N5O. The molecule has 0 unspecified atom stereocenters. The van der Waals surface area contributed by atoms with Crippen molar-refractivity contribution in [1.29, 1.82) is 0 Å². The van der Waals surface area contributed by atoms with Crippen LogP contribution >= 0.6 is 0 Å². The van der Waals surface area contributed by atoms with Crippen LogP contribution in [-0.2, 0) is 6.54 Å². The fraction of sp³-hybridized carbons (Fsp3) is 0.636. The van der Waals surface area contributed by atoms with Crippen LogP contribution in [0.1, 0.15) is 55.5 Å². The Bertz CT molecular complexity index is 647. The molecule has 2 rings (SSSR count). The maximum atomic E-state index is 12.3. The van der Waals surface area contributed by atoms with E-state index in [0.29, 0.717) is 24.1 Å². The van der Waals surface area contributed by atoms with Gasteiger partial charge in [0.05, 0.1) is 6.54 Å². The molecule has 0 aromatic heterocycles. The minimum atomic E-state index is -0.0346. The van der Waals surface area contributed by atoms with E-state index in [1.807, 2.05) is 43.3 Å². The van der Waals surface area contributed by atoms with Gasteiger partial charge in [0, 0.05) is 31.7 Å². The maximum absolute atomic E-state index is 12.3. The predicted molar refractivity (Wildman–Crippen MR) is 117 cm³/mol. The van der Waals surface area contributed by atoms with Crippen LogP contribution in [0, 0.1) is 5.41 Å². The van der Waals surface area contributed by atoms with Gasteiger partial charge in [0.25, 0.3) is 5.91 Å². The normalized spacial score (nSPS) is 15.8. The first kappa shape index (κ1) is 22.2.